The number of amides is 1. The number of carboxylic acid groups (broad SMARTS) is 1. The fourth-order valence-corrected chi connectivity index (χ4v) is 2.36. The third-order valence-electron chi connectivity index (χ3n) is 3.57. The standard InChI is InChI=1S/C16H19N3O3/c1-11-9-13(19(3)17-11)15(20)18(2)14(16(21)22)10-12-7-5-4-6-8-12/h4-9,14H,10H2,1-3H3,(H,21,22). The summed E-state index contributed by atoms with van der Waals surface area (Å²) >= 11 is 0. The highest BCUT2D eigenvalue weighted by atomic mass is 16.4. The quantitative estimate of drug-likeness (QED) is 0.908. The number of aliphatic carboxylic acids is 1. The van der Waals surface area contributed by atoms with E-state index >= 15 is 0 Å². The minimum absolute atomic E-state index is 0.259. The third-order valence-corrected chi connectivity index (χ3v) is 3.57. The van der Waals surface area contributed by atoms with Gasteiger partial charge in [0.25, 0.3) is 5.91 Å². The van der Waals surface area contributed by atoms with Crippen molar-refractivity contribution in [1.82, 2.24) is 14.7 Å². The number of carbonyl (C=O) groups is 2. The lowest BCUT2D eigenvalue weighted by Crippen LogP contribution is -2.44. The van der Waals surface area contributed by atoms with Gasteiger partial charge in [-0.25, -0.2) is 4.79 Å². The van der Waals surface area contributed by atoms with Crippen molar-refractivity contribution in [3.63, 3.8) is 0 Å². The van der Waals surface area contributed by atoms with E-state index in [1.807, 2.05) is 30.3 Å². The van der Waals surface area contributed by atoms with E-state index < -0.39 is 12.0 Å². The van der Waals surface area contributed by atoms with Crippen LogP contribution in [0.3, 0.4) is 0 Å². The van der Waals surface area contributed by atoms with Crippen molar-refractivity contribution in [3.05, 3.63) is 53.3 Å². The summed E-state index contributed by atoms with van der Waals surface area (Å²) in [6, 6.07) is 9.99. The molecule has 0 spiro atoms. The number of aryl methyl sites for hydroxylation is 2. The zero-order valence-electron chi connectivity index (χ0n) is 12.9. The van der Waals surface area contributed by atoms with E-state index in [9.17, 15) is 14.7 Å². The van der Waals surface area contributed by atoms with Crippen LogP contribution in [0.1, 0.15) is 21.7 Å². The first-order valence-corrected chi connectivity index (χ1v) is 6.94. The van der Waals surface area contributed by atoms with Gasteiger partial charge >= 0.3 is 5.97 Å². The maximum Gasteiger partial charge on any atom is 0.326 e. The highest BCUT2D eigenvalue weighted by Crippen LogP contribution is 2.12. The number of carboxylic acids is 1. The van der Waals surface area contributed by atoms with Gasteiger partial charge in [0.1, 0.15) is 11.7 Å². The normalized spacial score (nSPS) is 12.0. The summed E-state index contributed by atoms with van der Waals surface area (Å²) < 4.78 is 1.47. The first-order chi connectivity index (χ1) is 10.4. The average Bonchev–Trinajstić information content (AvgIpc) is 2.82. The highest BCUT2D eigenvalue weighted by molar-refractivity contribution is 5.95. The molecule has 0 aliphatic carbocycles. The van der Waals surface area contributed by atoms with Gasteiger partial charge in [0, 0.05) is 20.5 Å². The van der Waals surface area contributed by atoms with Crippen LogP contribution in [0.15, 0.2) is 36.4 Å². The number of hydrogen-bond acceptors (Lipinski definition) is 3. The van der Waals surface area contributed by atoms with Gasteiger partial charge in [-0.15, -0.1) is 0 Å². The molecule has 0 aliphatic rings. The van der Waals surface area contributed by atoms with Gasteiger partial charge in [-0.3, -0.25) is 9.48 Å². The minimum atomic E-state index is -1.03. The molecule has 0 aliphatic heterocycles. The second-order valence-corrected chi connectivity index (χ2v) is 5.25. The van der Waals surface area contributed by atoms with E-state index in [1.165, 1.54) is 16.6 Å². The Morgan fingerprint density at radius 1 is 1.32 bits per heavy atom. The molecule has 1 amide bonds. The fraction of sp³-hybridized carbons (Fsp3) is 0.312. The van der Waals surface area contributed by atoms with Gasteiger partial charge in [0.15, 0.2) is 0 Å². The molecule has 6 nitrogen and oxygen atoms in total. The number of hydrogen-bond donors (Lipinski definition) is 1. The van der Waals surface area contributed by atoms with Gasteiger partial charge in [-0.1, -0.05) is 30.3 Å². The molecule has 0 bridgehead atoms. The van der Waals surface area contributed by atoms with Crippen molar-refractivity contribution in [2.45, 2.75) is 19.4 Å². The molecule has 1 N–H and O–H groups in total. The lowest BCUT2D eigenvalue weighted by molar-refractivity contribution is -0.141. The Hall–Kier alpha value is -2.63. The van der Waals surface area contributed by atoms with Crippen LogP contribution >= 0.6 is 0 Å². The average molecular weight is 301 g/mol. The van der Waals surface area contributed by atoms with E-state index in [4.69, 9.17) is 0 Å². The summed E-state index contributed by atoms with van der Waals surface area (Å²) in [5.41, 5.74) is 1.96. The molecule has 2 aromatic rings. The van der Waals surface area contributed by atoms with Crippen LogP contribution in [0.5, 0.6) is 0 Å². The van der Waals surface area contributed by atoms with Crippen LogP contribution in [0.2, 0.25) is 0 Å². The molecule has 1 unspecified atom stereocenters. The number of carbonyl (C=O) groups excluding carboxylic acids is 1. The van der Waals surface area contributed by atoms with Crippen LogP contribution in [0.4, 0.5) is 0 Å². The molecule has 1 heterocycles. The zero-order chi connectivity index (χ0) is 16.3. The lowest BCUT2D eigenvalue weighted by atomic mass is 10.0. The van der Waals surface area contributed by atoms with Gasteiger partial charge in [-0.2, -0.15) is 5.10 Å². The minimum Gasteiger partial charge on any atom is -0.480 e. The summed E-state index contributed by atoms with van der Waals surface area (Å²) in [4.78, 5) is 25.3. The first kappa shape index (κ1) is 15.8. The van der Waals surface area contributed by atoms with Crippen LogP contribution < -0.4 is 0 Å². The zero-order valence-corrected chi connectivity index (χ0v) is 12.9. The monoisotopic (exact) mass is 301 g/mol. The Bertz CT molecular complexity index is 679. The van der Waals surface area contributed by atoms with Crippen LogP contribution in [-0.2, 0) is 18.3 Å². The Morgan fingerprint density at radius 3 is 2.45 bits per heavy atom. The Labute approximate surface area is 129 Å². The second kappa shape index (κ2) is 6.43. The maximum atomic E-state index is 12.5. The van der Waals surface area contributed by atoms with Crippen molar-refractivity contribution >= 4 is 11.9 Å². The van der Waals surface area contributed by atoms with Gasteiger partial charge in [0.2, 0.25) is 0 Å². The van der Waals surface area contributed by atoms with Crippen molar-refractivity contribution in [1.29, 1.82) is 0 Å². The molecule has 2 rings (SSSR count). The molecule has 1 aromatic carbocycles. The molecule has 1 aromatic heterocycles. The summed E-state index contributed by atoms with van der Waals surface area (Å²) in [7, 11) is 3.17. The van der Waals surface area contributed by atoms with Crippen LogP contribution in [0, 0.1) is 6.92 Å². The predicted molar refractivity (Wildman–Crippen MR) is 81.6 cm³/mol. The SMILES string of the molecule is Cc1cc(C(=O)N(C)C(Cc2ccccc2)C(=O)O)n(C)n1. The van der Waals surface area contributed by atoms with Crippen LogP contribution in [0.25, 0.3) is 0 Å². The molecule has 116 valence electrons. The van der Waals surface area contributed by atoms with Crippen LogP contribution in [-0.4, -0.2) is 44.8 Å². The smallest absolute Gasteiger partial charge is 0.326 e. The van der Waals surface area contributed by atoms with Crippen molar-refractivity contribution in [3.8, 4) is 0 Å². The fourth-order valence-electron chi connectivity index (χ4n) is 2.36. The van der Waals surface area contributed by atoms with Gasteiger partial charge < -0.3 is 10.0 Å². The molecule has 0 saturated carbocycles. The van der Waals surface area contributed by atoms with Crippen molar-refractivity contribution < 1.29 is 14.7 Å². The Morgan fingerprint density at radius 2 is 1.95 bits per heavy atom. The van der Waals surface area contributed by atoms with Crippen molar-refractivity contribution in [2.75, 3.05) is 7.05 Å². The molecule has 22 heavy (non-hydrogen) atoms. The topological polar surface area (TPSA) is 75.4 Å². The molecule has 6 heteroatoms. The largest absolute Gasteiger partial charge is 0.480 e. The molecule has 1 atom stereocenters. The predicted octanol–water partition coefficient (Wildman–Crippen LogP) is 1.50. The van der Waals surface area contributed by atoms with E-state index in [0.29, 0.717) is 11.4 Å². The number of rotatable bonds is 5. The van der Waals surface area contributed by atoms with E-state index in [2.05, 4.69) is 5.10 Å². The highest BCUT2D eigenvalue weighted by Gasteiger charge is 2.29. The Balaban J connectivity index is 2.23. The van der Waals surface area contributed by atoms with E-state index in [0.717, 1.165) is 5.56 Å². The lowest BCUT2D eigenvalue weighted by Gasteiger charge is -2.25. The Kier molecular flexibility index (Phi) is 4.60. The third kappa shape index (κ3) is 3.33. The summed E-state index contributed by atoms with van der Waals surface area (Å²) in [6.07, 6.45) is 0.259. The van der Waals surface area contributed by atoms with E-state index in [1.54, 1.807) is 20.0 Å². The summed E-state index contributed by atoms with van der Waals surface area (Å²) in [5, 5.41) is 13.6. The number of nitrogens with zero attached hydrogens (tertiary/aromatic N) is 3. The molecular weight excluding hydrogens is 282 g/mol. The maximum absolute atomic E-state index is 12.5. The van der Waals surface area contributed by atoms with Gasteiger partial charge in [-0.05, 0) is 18.6 Å². The molecule has 0 fully saturated rings. The van der Waals surface area contributed by atoms with Gasteiger partial charge in [0.05, 0.1) is 5.69 Å². The summed E-state index contributed by atoms with van der Waals surface area (Å²) in [5.74, 6) is -1.38. The second-order valence-electron chi connectivity index (χ2n) is 5.25. The molecule has 0 radical (unpaired) electrons. The summed E-state index contributed by atoms with van der Waals surface area (Å²) in [6.45, 7) is 1.79. The molecular formula is C16H19N3O3. The number of benzene rings is 1. The van der Waals surface area contributed by atoms with E-state index in [-0.39, 0.29) is 12.3 Å². The number of aromatic nitrogens is 2. The van der Waals surface area contributed by atoms with Crippen molar-refractivity contribution in [2.24, 2.45) is 7.05 Å². The number of likely N-dealkylation sites (N-methyl/N-ethyl adjacent to an activating group) is 1. The molecule has 0 saturated heterocycles. The first-order valence-electron chi connectivity index (χ1n) is 6.94.